The molecule has 3 rings (SSSR count). The Bertz CT molecular complexity index is 803. The third kappa shape index (κ3) is 3.88. The van der Waals surface area contributed by atoms with Crippen molar-refractivity contribution in [2.24, 2.45) is 0 Å². The van der Waals surface area contributed by atoms with E-state index >= 15 is 0 Å². The summed E-state index contributed by atoms with van der Waals surface area (Å²) in [5.74, 6) is 0. The van der Waals surface area contributed by atoms with Crippen molar-refractivity contribution in [3.05, 3.63) is 87.5 Å². The monoisotopic (exact) mass is 348 g/mol. The number of nitro groups is 1. The topological polar surface area (TPSA) is 46.4 Å². The van der Waals surface area contributed by atoms with Gasteiger partial charge in [-0.2, -0.15) is 13.2 Å². The van der Waals surface area contributed by atoms with Crippen molar-refractivity contribution >= 4 is 5.69 Å². The number of nitrogens with zero attached hydrogens (tertiary/aromatic N) is 2. The molecule has 0 saturated carbocycles. The number of rotatable bonds is 4. The molecule has 7 heteroatoms. The number of nitro benzene ring substituents is 1. The molecule has 0 radical (unpaired) electrons. The zero-order valence-electron chi connectivity index (χ0n) is 13.1. The molecule has 0 unspecified atom stereocenters. The van der Waals surface area contributed by atoms with Crippen LogP contribution < -0.4 is 0 Å². The Morgan fingerprint density at radius 3 is 2.48 bits per heavy atom. The van der Waals surface area contributed by atoms with E-state index in [1.807, 2.05) is 30.3 Å². The Balaban J connectivity index is 1.94. The molecule has 1 aliphatic heterocycles. The summed E-state index contributed by atoms with van der Waals surface area (Å²) in [6.45, 7) is 0.0794. The lowest BCUT2D eigenvalue weighted by Gasteiger charge is -2.25. The average molecular weight is 348 g/mol. The van der Waals surface area contributed by atoms with Crippen LogP contribution in [-0.2, 0) is 6.54 Å². The summed E-state index contributed by atoms with van der Waals surface area (Å²) in [6, 6.07) is 14.3. The van der Waals surface area contributed by atoms with Crippen LogP contribution >= 0.6 is 0 Å². The Morgan fingerprint density at radius 1 is 1.12 bits per heavy atom. The van der Waals surface area contributed by atoms with E-state index in [4.69, 9.17) is 0 Å². The van der Waals surface area contributed by atoms with Gasteiger partial charge in [0.2, 0.25) is 0 Å². The summed E-state index contributed by atoms with van der Waals surface area (Å²) in [4.78, 5) is 12.1. The molecule has 130 valence electrons. The lowest BCUT2D eigenvalue weighted by Crippen LogP contribution is -2.26. The third-order valence-electron chi connectivity index (χ3n) is 4.14. The van der Waals surface area contributed by atoms with Gasteiger partial charge >= 0.3 is 6.18 Å². The molecule has 2 aromatic carbocycles. The van der Waals surface area contributed by atoms with Crippen LogP contribution in [0.5, 0.6) is 0 Å². The smallest absolute Gasteiger partial charge is 0.284 e. The van der Waals surface area contributed by atoms with Gasteiger partial charge in [0.05, 0.1) is 11.0 Å². The summed E-state index contributed by atoms with van der Waals surface area (Å²) in [5, 5.41) is 11.0. The van der Waals surface area contributed by atoms with Crippen molar-refractivity contribution in [1.82, 2.24) is 4.90 Å². The van der Waals surface area contributed by atoms with Crippen LogP contribution in [0.15, 0.2) is 66.2 Å². The largest absolute Gasteiger partial charge is 0.413 e. The molecular formula is C18H15F3N2O2. The van der Waals surface area contributed by atoms with E-state index in [1.54, 1.807) is 11.0 Å². The van der Waals surface area contributed by atoms with Crippen molar-refractivity contribution in [3.8, 4) is 0 Å². The molecule has 1 atom stereocenters. The molecular weight excluding hydrogens is 333 g/mol. The van der Waals surface area contributed by atoms with Crippen molar-refractivity contribution in [1.29, 1.82) is 0 Å². The second kappa shape index (κ2) is 6.68. The minimum atomic E-state index is -4.41. The zero-order chi connectivity index (χ0) is 18.0. The predicted octanol–water partition coefficient (Wildman–Crippen LogP) is 4.64. The number of hydrogen-bond donors (Lipinski definition) is 0. The second-order valence-corrected chi connectivity index (χ2v) is 5.88. The van der Waals surface area contributed by atoms with Gasteiger partial charge in [-0.25, -0.2) is 0 Å². The maximum atomic E-state index is 13.2. The lowest BCUT2D eigenvalue weighted by molar-refractivity contribution is -0.384. The molecule has 0 N–H and O–H groups in total. The highest BCUT2D eigenvalue weighted by atomic mass is 19.4. The van der Waals surface area contributed by atoms with Crippen LogP contribution in [-0.4, -0.2) is 22.5 Å². The van der Waals surface area contributed by atoms with Gasteiger partial charge in [0.1, 0.15) is 0 Å². The Kier molecular flexibility index (Phi) is 4.59. The van der Waals surface area contributed by atoms with Crippen LogP contribution in [0.3, 0.4) is 0 Å². The van der Waals surface area contributed by atoms with Gasteiger partial charge < -0.3 is 0 Å². The maximum absolute atomic E-state index is 13.2. The van der Waals surface area contributed by atoms with Gasteiger partial charge in [0.15, 0.2) is 0 Å². The first-order chi connectivity index (χ1) is 11.8. The molecule has 1 heterocycles. The molecule has 0 spiro atoms. The van der Waals surface area contributed by atoms with Crippen molar-refractivity contribution < 1.29 is 18.1 Å². The quantitative estimate of drug-likeness (QED) is 0.459. The van der Waals surface area contributed by atoms with Gasteiger partial charge in [-0.1, -0.05) is 48.5 Å². The van der Waals surface area contributed by atoms with E-state index in [-0.39, 0.29) is 12.2 Å². The predicted molar refractivity (Wildman–Crippen MR) is 86.8 cm³/mol. The summed E-state index contributed by atoms with van der Waals surface area (Å²) in [5.41, 5.74) is 0.602. The highest BCUT2D eigenvalue weighted by Crippen LogP contribution is 2.39. The van der Waals surface area contributed by atoms with Crippen LogP contribution in [0.2, 0.25) is 0 Å². The van der Waals surface area contributed by atoms with Crippen molar-refractivity contribution in [2.75, 3.05) is 6.54 Å². The van der Waals surface area contributed by atoms with E-state index in [1.165, 1.54) is 18.2 Å². The molecule has 25 heavy (non-hydrogen) atoms. The lowest BCUT2D eigenvalue weighted by atomic mass is 10.0. The van der Waals surface area contributed by atoms with E-state index < -0.39 is 22.7 Å². The van der Waals surface area contributed by atoms with Gasteiger partial charge in [-0.15, -0.1) is 0 Å². The highest BCUT2D eigenvalue weighted by molar-refractivity contribution is 5.39. The molecule has 2 aromatic rings. The molecule has 0 fully saturated rings. The standard InChI is InChI=1S/C18H15F3N2O2/c19-18(20,21)15-10-17(14-7-4-8-16(9-14)23(24)25)22(12-15)11-13-5-2-1-3-6-13/h1-10,17H,11-12H2/t17-/m0/s1. The van der Waals surface area contributed by atoms with Gasteiger partial charge in [0.25, 0.3) is 5.69 Å². The van der Waals surface area contributed by atoms with Crippen LogP contribution in [0.25, 0.3) is 0 Å². The number of non-ortho nitro benzene ring substituents is 1. The number of hydrogen-bond acceptors (Lipinski definition) is 3. The van der Waals surface area contributed by atoms with Crippen molar-refractivity contribution in [3.63, 3.8) is 0 Å². The summed E-state index contributed by atoms with van der Waals surface area (Å²) >= 11 is 0. The number of benzene rings is 2. The Hall–Kier alpha value is -2.67. The fourth-order valence-electron chi connectivity index (χ4n) is 2.95. The van der Waals surface area contributed by atoms with E-state index in [9.17, 15) is 23.3 Å². The summed E-state index contributed by atoms with van der Waals surface area (Å²) in [7, 11) is 0. The van der Waals surface area contributed by atoms with Crippen LogP contribution in [0.1, 0.15) is 17.2 Å². The van der Waals surface area contributed by atoms with Gasteiger partial charge in [0, 0.05) is 30.8 Å². The van der Waals surface area contributed by atoms with Crippen LogP contribution in [0.4, 0.5) is 18.9 Å². The first kappa shape index (κ1) is 17.2. The second-order valence-electron chi connectivity index (χ2n) is 5.88. The van der Waals surface area contributed by atoms with Crippen molar-refractivity contribution in [2.45, 2.75) is 18.8 Å². The average Bonchev–Trinajstić information content (AvgIpc) is 3.00. The molecule has 0 aromatic heterocycles. The van der Waals surface area contributed by atoms with Gasteiger partial charge in [-0.05, 0) is 11.1 Å². The first-order valence-corrected chi connectivity index (χ1v) is 7.65. The molecule has 0 aliphatic carbocycles. The van der Waals surface area contributed by atoms with Crippen LogP contribution in [0, 0.1) is 10.1 Å². The minimum Gasteiger partial charge on any atom is -0.284 e. The van der Waals surface area contributed by atoms with Gasteiger partial charge in [-0.3, -0.25) is 15.0 Å². The normalized spacial score (nSPS) is 18.2. The number of halogens is 3. The molecule has 1 aliphatic rings. The molecule has 0 amide bonds. The third-order valence-corrected chi connectivity index (χ3v) is 4.14. The Morgan fingerprint density at radius 2 is 1.84 bits per heavy atom. The van der Waals surface area contributed by atoms with E-state index in [0.717, 1.165) is 11.6 Å². The minimum absolute atomic E-state index is 0.133. The highest BCUT2D eigenvalue weighted by Gasteiger charge is 2.40. The SMILES string of the molecule is O=[N+]([O-])c1cccc([C@@H]2C=C(C(F)(F)F)CN2Cc2ccccc2)c1. The maximum Gasteiger partial charge on any atom is 0.413 e. The summed E-state index contributed by atoms with van der Waals surface area (Å²) < 4.78 is 39.5. The molecule has 0 saturated heterocycles. The fraction of sp³-hybridized carbons (Fsp3) is 0.222. The Labute approximate surface area is 142 Å². The zero-order valence-corrected chi connectivity index (χ0v) is 13.1. The van der Waals surface area contributed by atoms with E-state index in [2.05, 4.69) is 0 Å². The molecule has 0 bridgehead atoms. The number of alkyl halides is 3. The molecule has 4 nitrogen and oxygen atoms in total. The summed E-state index contributed by atoms with van der Waals surface area (Å²) in [6.07, 6.45) is -3.26. The fourth-order valence-corrected chi connectivity index (χ4v) is 2.95. The first-order valence-electron chi connectivity index (χ1n) is 7.65. The van der Waals surface area contributed by atoms with E-state index in [0.29, 0.717) is 12.1 Å².